The molecule has 3 rings (SSSR count). The monoisotopic (exact) mass is 334 g/mol. The van der Waals surface area contributed by atoms with Crippen LogP contribution in [0, 0.1) is 12.3 Å². The van der Waals surface area contributed by atoms with Crippen LogP contribution in [0.25, 0.3) is 0 Å². The van der Waals surface area contributed by atoms with Gasteiger partial charge in [0, 0.05) is 18.9 Å². The van der Waals surface area contributed by atoms with Crippen LogP contribution in [0.2, 0.25) is 0 Å². The number of nitrogens with zero attached hydrogens (tertiary/aromatic N) is 5. The Labute approximate surface area is 139 Å². The molecule has 1 aliphatic carbocycles. The van der Waals surface area contributed by atoms with E-state index >= 15 is 0 Å². The van der Waals surface area contributed by atoms with Gasteiger partial charge in [-0.1, -0.05) is 29.6 Å². The molecule has 2 N–H and O–H groups in total. The number of carbonyl (C=O) groups excluding carboxylic acids is 1. The molecule has 2 aromatic rings. The second kappa shape index (κ2) is 7.08. The summed E-state index contributed by atoms with van der Waals surface area (Å²) in [5.41, 5.74) is 0.0330. The van der Waals surface area contributed by atoms with Crippen molar-refractivity contribution in [3.63, 3.8) is 0 Å². The first-order valence-electron chi connectivity index (χ1n) is 8.19. The Morgan fingerprint density at radius 2 is 2.21 bits per heavy atom. The highest BCUT2D eigenvalue weighted by Crippen LogP contribution is 2.35. The van der Waals surface area contributed by atoms with Gasteiger partial charge in [0.1, 0.15) is 6.54 Å². The molecule has 1 saturated carbocycles. The lowest BCUT2D eigenvalue weighted by Gasteiger charge is -2.35. The Bertz CT molecular complexity index is 689. The van der Waals surface area contributed by atoms with Crippen molar-refractivity contribution in [3.8, 4) is 0 Å². The van der Waals surface area contributed by atoms with E-state index in [0.717, 1.165) is 25.7 Å². The number of hydrogen-bond acceptors (Lipinski definition) is 7. The SMILES string of the molecule is Cc1nc(Cn2cc(C(=O)NCC3(CO)CCCCC3)nn2)no1. The van der Waals surface area contributed by atoms with Gasteiger partial charge in [-0.05, 0) is 12.8 Å². The van der Waals surface area contributed by atoms with Crippen LogP contribution >= 0.6 is 0 Å². The summed E-state index contributed by atoms with van der Waals surface area (Å²) in [6, 6.07) is 0. The van der Waals surface area contributed by atoms with Gasteiger partial charge in [-0.25, -0.2) is 4.68 Å². The molecule has 0 radical (unpaired) electrons. The second-order valence-corrected chi connectivity index (χ2v) is 6.43. The number of carbonyl (C=O) groups is 1. The molecule has 0 aromatic carbocycles. The lowest BCUT2D eigenvalue weighted by Crippen LogP contribution is -2.41. The molecule has 0 bridgehead atoms. The van der Waals surface area contributed by atoms with Gasteiger partial charge in [0.15, 0.2) is 11.5 Å². The Morgan fingerprint density at radius 3 is 2.88 bits per heavy atom. The molecule has 1 fully saturated rings. The number of rotatable bonds is 6. The zero-order chi connectivity index (χ0) is 17.0. The van der Waals surface area contributed by atoms with Crippen molar-refractivity contribution >= 4 is 5.91 Å². The zero-order valence-electron chi connectivity index (χ0n) is 13.7. The first-order valence-corrected chi connectivity index (χ1v) is 8.19. The molecule has 24 heavy (non-hydrogen) atoms. The molecule has 2 heterocycles. The highest BCUT2D eigenvalue weighted by Gasteiger charge is 2.32. The van der Waals surface area contributed by atoms with E-state index in [9.17, 15) is 9.90 Å². The van der Waals surface area contributed by atoms with Gasteiger partial charge >= 0.3 is 0 Å². The summed E-state index contributed by atoms with van der Waals surface area (Å²) in [6.45, 7) is 2.55. The lowest BCUT2D eigenvalue weighted by molar-refractivity contribution is 0.0715. The van der Waals surface area contributed by atoms with Crippen molar-refractivity contribution in [2.45, 2.75) is 45.6 Å². The fourth-order valence-corrected chi connectivity index (χ4v) is 3.08. The van der Waals surface area contributed by atoms with E-state index in [0.29, 0.717) is 18.3 Å². The molecule has 9 heteroatoms. The van der Waals surface area contributed by atoms with Gasteiger partial charge in [0.2, 0.25) is 5.89 Å². The third-order valence-electron chi connectivity index (χ3n) is 4.52. The maximum Gasteiger partial charge on any atom is 0.273 e. The van der Waals surface area contributed by atoms with E-state index in [4.69, 9.17) is 4.52 Å². The Kier molecular flexibility index (Phi) is 4.89. The summed E-state index contributed by atoms with van der Waals surface area (Å²) >= 11 is 0. The van der Waals surface area contributed by atoms with E-state index in [1.54, 1.807) is 13.1 Å². The van der Waals surface area contributed by atoms with Gasteiger partial charge in [-0.2, -0.15) is 4.98 Å². The molecular weight excluding hydrogens is 312 g/mol. The fourth-order valence-electron chi connectivity index (χ4n) is 3.08. The van der Waals surface area contributed by atoms with Crippen LogP contribution in [0.5, 0.6) is 0 Å². The standard InChI is InChI=1S/C15H22N6O3/c1-11-17-13(19-24-11)8-21-7-12(18-20-21)14(23)16-9-15(10-22)5-3-2-4-6-15/h7,22H,2-6,8-10H2,1H3,(H,16,23). The summed E-state index contributed by atoms with van der Waals surface area (Å²) in [6.07, 6.45) is 6.81. The van der Waals surface area contributed by atoms with Crippen molar-refractivity contribution < 1.29 is 14.4 Å². The summed E-state index contributed by atoms with van der Waals surface area (Å²) in [4.78, 5) is 16.3. The minimum Gasteiger partial charge on any atom is -0.396 e. The third kappa shape index (κ3) is 3.78. The van der Waals surface area contributed by atoms with Gasteiger partial charge < -0.3 is 14.9 Å². The number of hydrogen-bond donors (Lipinski definition) is 2. The maximum atomic E-state index is 12.3. The van der Waals surface area contributed by atoms with Crippen LogP contribution in [0.15, 0.2) is 10.7 Å². The third-order valence-corrected chi connectivity index (χ3v) is 4.52. The topological polar surface area (TPSA) is 119 Å². The zero-order valence-corrected chi connectivity index (χ0v) is 13.7. The summed E-state index contributed by atoms with van der Waals surface area (Å²) in [7, 11) is 0. The molecule has 0 aliphatic heterocycles. The highest BCUT2D eigenvalue weighted by molar-refractivity contribution is 5.91. The van der Waals surface area contributed by atoms with E-state index in [1.807, 2.05) is 0 Å². The van der Waals surface area contributed by atoms with Gasteiger partial charge in [0.05, 0.1) is 12.8 Å². The molecular formula is C15H22N6O3. The van der Waals surface area contributed by atoms with Crippen LogP contribution in [-0.2, 0) is 6.54 Å². The molecule has 2 aromatic heterocycles. The Morgan fingerprint density at radius 1 is 1.42 bits per heavy atom. The number of aliphatic hydroxyl groups is 1. The minimum absolute atomic E-state index is 0.0944. The maximum absolute atomic E-state index is 12.3. The predicted octanol–water partition coefficient (Wildman–Crippen LogP) is 0.690. The number of aromatic nitrogens is 5. The van der Waals surface area contributed by atoms with Crippen molar-refractivity contribution in [3.05, 3.63) is 23.6 Å². The average molecular weight is 334 g/mol. The van der Waals surface area contributed by atoms with Crippen molar-refractivity contribution in [2.75, 3.05) is 13.2 Å². The minimum atomic E-state index is -0.288. The second-order valence-electron chi connectivity index (χ2n) is 6.43. The van der Waals surface area contributed by atoms with Crippen molar-refractivity contribution in [1.29, 1.82) is 0 Å². The van der Waals surface area contributed by atoms with Crippen molar-refractivity contribution in [1.82, 2.24) is 30.5 Å². The Balaban J connectivity index is 1.57. The van der Waals surface area contributed by atoms with Crippen LogP contribution in [0.4, 0.5) is 0 Å². The summed E-state index contributed by atoms with van der Waals surface area (Å²) in [5.74, 6) is 0.666. The van der Waals surface area contributed by atoms with Crippen LogP contribution < -0.4 is 5.32 Å². The average Bonchev–Trinajstić information content (AvgIpc) is 3.23. The predicted molar refractivity (Wildman–Crippen MR) is 83.1 cm³/mol. The van der Waals surface area contributed by atoms with Gasteiger partial charge in [0.25, 0.3) is 5.91 Å². The Hall–Kier alpha value is -2.29. The molecule has 1 aliphatic rings. The number of amides is 1. The highest BCUT2D eigenvalue weighted by atomic mass is 16.5. The number of nitrogens with one attached hydrogen (secondary N) is 1. The molecule has 0 spiro atoms. The van der Waals surface area contributed by atoms with Gasteiger partial charge in [-0.15, -0.1) is 5.10 Å². The molecule has 130 valence electrons. The fraction of sp³-hybridized carbons (Fsp3) is 0.667. The van der Waals surface area contributed by atoms with Crippen molar-refractivity contribution in [2.24, 2.45) is 5.41 Å². The molecule has 1 amide bonds. The first-order chi connectivity index (χ1) is 11.6. The van der Waals surface area contributed by atoms with Crippen LogP contribution in [-0.4, -0.2) is 49.3 Å². The quantitative estimate of drug-likeness (QED) is 0.797. The van der Waals surface area contributed by atoms with Gasteiger partial charge in [-0.3, -0.25) is 4.79 Å². The molecule has 0 unspecified atom stereocenters. The van der Waals surface area contributed by atoms with E-state index in [1.165, 1.54) is 11.1 Å². The van der Waals surface area contributed by atoms with Crippen LogP contribution in [0.3, 0.4) is 0 Å². The lowest BCUT2D eigenvalue weighted by atomic mass is 9.74. The number of aryl methyl sites for hydroxylation is 1. The largest absolute Gasteiger partial charge is 0.396 e. The summed E-state index contributed by atoms with van der Waals surface area (Å²) in [5, 5.41) is 24.1. The van der Waals surface area contributed by atoms with E-state index < -0.39 is 0 Å². The molecule has 0 saturated heterocycles. The first kappa shape index (κ1) is 16.6. The summed E-state index contributed by atoms with van der Waals surface area (Å²) < 4.78 is 6.38. The van der Waals surface area contributed by atoms with E-state index in [2.05, 4.69) is 25.8 Å². The smallest absolute Gasteiger partial charge is 0.273 e. The number of aliphatic hydroxyl groups excluding tert-OH is 1. The van der Waals surface area contributed by atoms with E-state index in [-0.39, 0.29) is 30.2 Å². The molecule has 0 atom stereocenters. The molecule has 9 nitrogen and oxygen atoms in total. The van der Waals surface area contributed by atoms with Crippen LogP contribution in [0.1, 0.15) is 54.3 Å². The normalized spacial score (nSPS) is 16.9.